The number of carbonyl (C=O) groups is 1. The Bertz CT molecular complexity index is 1160. The van der Waals surface area contributed by atoms with E-state index in [1.807, 2.05) is 0 Å². The molecule has 1 fully saturated rings. The molecule has 0 saturated carbocycles. The lowest BCUT2D eigenvalue weighted by atomic mass is 9.90. The molecule has 194 valence electrons. The van der Waals surface area contributed by atoms with Crippen molar-refractivity contribution < 1.29 is 4.79 Å². The van der Waals surface area contributed by atoms with E-state index in [-0.39, 0.29) is 0 Å². The van der Waals surface area contributed by atoms with Gasteiger partial charge in [0.1, 0.15) is 0 Å². The van der Waals surface area contributed by atoms with Gasteiger partial charge >= 0.3 is 0 Å². The van der Waals surface area contributed by atoms with Crippen molar-refractivity contribution in [2.45, 2.75) is 65.0 Å². The predicted octanol–water partition coefficient (Wildman–Crippen LogP) is 6.86. The number of rotatable bonds is 9. The van der Waals surface area contributed by atoms with Crippen molar-refractivity contribution in [1.29, 1.82) is 0 Å². The van der Waals surface area contributed by atoms with Gasteiger partial charge in [-0.1, -0.05) is 66.7 Å². The first-order chi connectivity index (χ1) is 18.1. The molecule has 0 amide bonds. The van der Waals surface area contributed by atoms with Gasteiger partial charge in [-0.3, -0.25) is 14.6 Å². The number of ketones is 1. The molecule has 37 heavy (non-hydrogen) atoms. The van der Waals surface area contributed by atoms with Crippen LogP contribution in [0.25, 0.3) is 0 Å². The third-order valence-corrected chi connectivity index (χ3v) is 8.55. The zero-order chi connectivity index (χ0) is 25.5. The van der Waals surface area contributed by atoms with Gasteiger partial charge in [-0.15, -0.1) is 0 Å². The molecule has 2 aliphatic heterocycles. The summed E-state index contributed by atoms with van der Waals surface area (Å²) < 4.78 is 0. The molecule has 0 bridgehead atoms. The smallest absolute Gasteiger partial charge is 0.162 e. The SMILES string of the molecule is Cc1ccccc1CN1CCc2ccc(C(=O)CCCC3CCN(Cc4ccccc4)CC3)cc2CC1. The van der Waals surface area contributed by atoms with Gasteiger partial charge < -0.3 is 0 Å². The lowest BCUT2D eigenvalue weighted by Gasteiger charge is -2.32. The monoisotopic (exact) mass is 494 g/mol. The molecule has 1 saturated heterocycles. The Morgan fingerprint density at radius 3 is 2.27 bits per heavy atom. The Hall–Kier alpha value is -2.75. The van der Waals surface area contributed by atoms with E-state index in [2.05, 4.69) is 89.5 Å². The van der Waals surface area contributed by atoms with Crippen molar-refractivity contribution in [2.75, 3.05) is 26.2 Å². The zero-order valence-electron chi connectivity index (χ0n) is 22.5. The minimum absolute atomic E-state index is 0.324. The Kier molecular flexibility index (Phi) is 8.86. The molecule has 0 aromatic heterocycles. The summed E-state index contributed by atoms with van der Waals surface area (Å²) in [4.78, 5) is 18.2. The van der Waals surface area contributed by atoms with Gasteiger partial charge in [-0.25, -0.2) is 0 Å². The lowest BCUT2D eigenvalue weighted by molar-refractivity contribution is 0.0974. The predicted molar refractivity (Wildman–Crippen MR) is 153 cm³/mol. The summed E-state index contributed by atoms with van der Waals surface area (Å²) in [6.45, 7) is 8.78. The van der Waals surface area contributed by atoms with Crippen LogP contribution in [-0.2, 0) is 25.9 Å². The summed E-state index contributed by atoms with van der Waals surface area (Å²) in [5, 5.41) is 0. The Labute approximate surface area is 223 Å². The average molecular weight is 495 g/mol. The topological polar surface area (TPSA) is 23.6 Å². The van der Waals surface area contributed by atoms with Gasteiger partial charge in [0.15, 0.2) is 5.78 Å². The minimum Gasteiger partial charge on any atom is -0.299 e. The zero-order valence-corrected chi connectivity index (χ0v) is 22.5. The average Bonchev–Trinajstić information content (AvgIpc) is 3.13. The number of benzene rings is 3. The number of Topliss-reactive ketones (excluding diaryl/α,β-unsaturated/α-hetero) is 1. The van der Waals surface area contributed by atoms with E-state index >= 15 is 0 Å². The van der Waals surface area contributed by atoms with Gasteiger partial charge in [0.25, 0.3) is 0 Å². The third kappa shape index (κ3) is 7.18. The molecule has 2 heterocycles. The van der Waals surface area contributed by atoms with Crippen LogP contribution in [0.15, 0.2) is 72.8 Å². The number of nitrogens with zero attached hydrogens (tertiary/aromatic N) is 2. The number of hydrogen-bond acceptors (Lipinski definition) is 3. The minimum atomic E-state index is 0.324. The molecule has 0 atom stereocenters. The second-order valence-electron chi connectivity index (χ2n) is 11.2. The molecular formula is C34H42N2O. The van der Waals surface area contributed by atoms with Gasteiger partial charge in [0, 0.05) is 38.2 Å². The normalized spacial score (nSPS) is 17.3. The van der Waals surface area contributed by atoms with Crippen molar-refractivity contribution in [3.8, 4) is 0 Å². The molecule has 0 N–H and O–H groups in total. The van der Waals surface area contributed by atoms with E-state index in [9.17, 15) is 4.79 Å². The lowest BCUT2D eigenvalue weighted by Crippen LogP contribution is -2.33. The number of piperidine rings is 1. The van der Waals surface area contributed by atoms with Crippen molar-refractivity contribution >= 4 is 5.78 Å². The molecular weight excluding hydrogens is 452 g/mol. The van der Waals surface area contributed by atoms with Crippen molar-refractivity contribution in [2.24, 2.45) is 5.92 Å². The fraction of sp³-hybridized carbons (Fsp3) is 0.441. The fourth-order valence-electron chi connectivity index (χ4n) is 6.10. The van der Waals surface area contributed by atoms with E-state index in [0.29, 0.717) is 12.2 Å². The number of aryl methyl sites for hydroxylation is 1. The second kappa shape index (κ2) is 12.7. The molecule has 0 radical (unpaired) electrons. The van der Waals surface area contributed by atoms with Crippen LogP contribution >= 0.6 is 0 Å². The maximum absolute atomic E-state index is 13.0. The number of likely N-dealkylation sites (tertiary alicyclic amines) is 1. The van der Waals surface area contributed by atoms with E-state index in [0.717, 1.165) is 56.9 Å². The quantitative estimate of drug-likeness (QED) is 0.304. The molecule has 5 rings (SSSR count). The van der Waals surface area contributed by atoms with Gasteiger partial charge in [-0.05, 0) is 98.3 Å². The molecule has 3 nitrogen and oxygen atoms in total. The molecule has 3 heteroatoms. The van der Waals surface area contributed by atoms with Crippen LogP contribution in [0.5, 0.6) is 0 Å². The van der Waals surface area contributed by atoms with E-state index in [1.54, 1.807) is 0 Å². The van der Waals surface area contributed by atoms with Crippen LogP contribution in [0.1, 0.15) is 70.3 Å². The first-order valence-corrected chi connectivity index (χ1v) is 14.3. The van der Waals surface area contributed by atoms with Gasteiger partial charge in [-0.2, -0.15) is 0 Å². The highest BCUT2D eigenvalue weighted by Gasteiger charge is 2.20. The van der Waals surface area contributed by atoms with Crippen LogP contribution < -0.4 is 0 Å². The van der Waals surface area contributed by atoms with Crippen LogP contribution in [0.4, 0.5) is 0 Å². The maximum Gasteiger partial charge on any atom is 0.162 e. The first kappa shape index (κ1) is 25.9. The second-order valence-corrected chi connectivity index (χ2v) is 11.2. The van der Waals surface area contributed by atoms with Crippen molar-refractivity contribution in [3.63, 3.8) is 0 Å². The number of hydrogen-bond donors (Lipinski definition) is 0. The van der Waals surface area contributed by atoms with Crippen LogP contribution in [0, 0.1) is 12.8 Å². The summed E-state index contributed by atoms with van der Waals surface area (Å²) in [5.74, 6) is 1.09. The summed E-state index contributed by atoms with van der Waals surface area (Å²) in [7, 11) is 0. The van der Waals surface area contributed by atoms with Crippen molar-refractivity contribution in [3.05, 3.63) is 106 Å². The molecule has 0 spiro atoms. The first-order valence-electron chi connectivity index (χ1n) is 14.3. The summed E-state index contributed by atoms with van der Waals surface area (Å²) >= 11 is 0. The maximum atomic E-state index is 13.0. The Balaban J connectivity index is 1.06. The fourth-order valence-corrected chi connectivity index (χ4v) is 6.10. The highest BCUT2D eigenvalue weighted by molar-refractivity contribution is 5.96. The highest BCUT2D eigenvalue weighted by atomic mass is 16.1. The third-order valence-electron chi connectivity index (χ3n) is 8.55. The Morgan fingerprint density at radius 1 is 0.784 bits per heavy atom. The Morgan fingerprint density at radius 2 is 1.49 bits per heavy atom. The van der Waals surface area contributed by atoms with Crippen LogP contribution in [0.3, 0.4) is 0 Å². The highest BCUT2D eigenvalue weighted by Crippen LogP contribution is 2.25. The summed E-state index contributed by atoms with van der Waals surface area (Å²) in [5.41, 5.74) is 7.92. The molecule has 2 aliphatic rings. The van der Waals surface area contributed by atoms with Crippen molar-refractivity contribution in [1.82, 2.24) is 9.80 Å². The summed E-state index contributed by atoms with van der Waals surface area (Å²) in [6, 6.07) is 26.0. The van der Waals surface area contributed by atoms with Gasteiger partial charge in [0.05, 0.1) is 0 Å². The molecule has 3 aromatic rings. The van der Waals surface area contributed by atoms with E-state index < -0.39 is 0 Å². The largest absolute Gasteiger partial charge is 0.299 e. The standard InChI is InChI=1S/C34H42N2O/c1-27-8-5-6-12-33(27)26-36-22-18-30-14-15-32(24-31(30)19-23-36)34(37)13-7-11-28-16-20-35(21-17-28)25-29-9-3-2-4-10-29/h2-6,8-10,12,14-15,24,28H,7,11,13,16-23,25-26H2,1H3. The van der Waals surface area contributed by atoms with Crippen LogP contribution in [0.2, 0.25) is 0 Å². The molecule has 0 unspecified atom stereocenters. The van der Waals surface area contributed by atoms with Gasteiger partial charge in [0.2, 0.25) is 0 Å². The molecule has 3 aromatic carbocycles. The van der Waals surface area contributed by atoms with E-state index in [4.69, 9.17) is 0 Å². The molecule has 0 aliphatic carbocycles. The van der Waals surface area contributed by atoms with Crippen LogP contribution in [-0.4, -0.2) is 41.8 Å². The number of carbonyl (C=O) groups excluding carboxylic acids is 1. The summed E-state index contributed by atoms with van der Waals surface area (Å²) in [6.07, 6.45) is 7.51. The number of fused-ring (bicyclic) bond motifs is 1. The van der Waals surface area contributed by atoms with E-state index in [1.165, 1.54) is 60.2 Å².